The number of carbonyl (C=O) groups excluding carboxylic acids is 1. The molecule has 1 aromatic heterocycles. The molecule has 4 rings (SSSR count). The van der Waals surface area contributed by atoms with E-state index < -0.39 is 5.97 Å². The molecule has 0 saturated carbocycles. The summed E-state index contributed by atoms with van der Waals surface area (Å²) in [5, 5.41) is 13.3. The number of carbonyl (C=O) groups is 2. The monoisotopic (exact) mass is 508 g/mol. The van der Waals surface area contributed by atoms with Crippen LogP contribution in [0.3, 0.4) is 0 Å². The standard InChI is InChI=1S/C33H36N2O3/c1-20(2)27-8-7-9-28(17-27)23(5)34-32(36)29-14-15-31-30(18-29)22(4)24(6)35(31)19-26-12-10-25(11-13-26)16-21(3)33(37)38/h7-15,17-18,20,23H,3,16,19H2,1-2,4-6H3,(H,34,36)(H,37,38). The minimum Gasteiger partial charge on any atom is -0.478 e. The maximum Gasteiger partial charge on any atom is 0.331 e. The SMILES string of the molecule is C=C(Cc1ccc(Cn2c(C)c(C)c3cc(C(=O)NC(C)c4cccc(C(C)C)c4)ccc32)cc1)C(=O)O. The van der Waals surface area contributed by atoms with Gasteiger partial charge in [-0.25, -0.2) is 4.79 Å². The van der Waals surface area contributed by atoms with E-state index in [4.69, 9.17) is 5.11 Å². The van der Waals surface area contributed by atoms with Crippen LogP contribution in [0.1, 0.15) is 76.6 Å². The van der Waals surface area contributed by atoms with E-state index in [2.05, 4.69) is 68.4 Å². The molecule has 2 N–H and O–H groups in total. The van der Waals surface area contributed by atoms with Gasteiger partial charge in [-0.05, 0) is 72.7 Å². The Labute approximate surface area is 224 Å². The molecule has 0 aliphatic rings. The summed E-state index contributed by atoms with van der Waals surface area (Å²) in [5.41, 5.74) is 8.62. The van der Waals surface area contributed by atoms with Gasteiger partial charge in [0.1, 0.15) is 0 Å². The second kappa shape index (κ2) is 11.1. The number of aliphatic carboxylic acids is 1. The molecule has 0 fully saturated rings. The van der Waals surface area contributed by atoms with E-state index in [1.165, 1.54) is 5.56 Å². The molecule has 0 aliphatic carbocycles. The fraction of sp³-hybridized carbons (Fsp3) is 0.273. The summed E-state index contributed by atoms with van der Waals surface area (Å²) in [7, 11) is 0. The summed E-state index contributed by atoms with van der Waals surface area (Å²) in [6.45, 7) is 14.9. The van der Waals surface area contributed by atoms with Crippen LogP contribution in [0.4, 0.5) is 0 Å². The minimum absolute atomic E-state index is 0.0855. The molecule has 1 heterocycles. The summed E-state index contributed by atoms with van der Waals surface area (Å²) < 4.78 is 2.26. The third kappa shape index (κ3) is 5.72. The quantitative estimate of drug-likeness (QED) is 0.237. The molecule has 38 heavy (non-hydrogen) atoms. The molecule has 0 aliphatic heterocycles. The zero-order chi connectivity index (χ0) is 27.6. The Hall–Kier alpha value is -4.12. The van der Waals surface area contributed by atoms with Crippen molar-refractivity contribution in [2.24, 2.45) is 0 Å². The van der Waals surface area contributed by atoms with Crippen LogP contribution in [0, 0.1) is 13.8 Å². The Morgan fingerprint density at radius 1 is 0.921 bits per heavy atom. The number of benzene rings is 3. The first kappa shape index (κ1) is 26.9. The number of carboxylic acids is 1. The Bertz CT molecular complexity index is 1510. The van der Waals surface area contributed by atoms with E-state index in [1.807, 2.05) is 49.4 Å². The summed E-state index contributed by atoms with van der Waals surface area (Å²) in [5.74, 6) is -0.620. The zero-order valence-corrected chi connectivity index (χ0v) is 22.8. The fourth-order valence-corrected chi connectivity index (χ4v) is 4.81. The van der Waals surface area contributed by atoms with Crippen molar-refractivity contribution in [3.05, 3.63) is 118 Å². The van der Waals surface area contributed by atoms with Crippen molar-refractivity contribution in [1.29, 1.82) is 0 Å². The van der Waals surface area contributed by atoms with E-state index in [9.17, 15) is 9.59 Å². The third-order valence-electron chi connectivity index (χ3n) is 7.41. The lowest BCUT2D eigenvalue weighted by Crippen LogP contribution is -2.26. The number of rotatable bonds is 9. The van der Waals surface area contributed by atoms with Crippen LogP contribution in [-0.4, -0.2) is 21.6 Å². The van der Waals surface area contributed by atoms with Crippen molar-refractivity contribution in [1.82, 2.24) is 9.88 Å². The van der Waals surface area contributed by atoms with Gasteiger partial charge in [0.15, 0.2) is 0 Å². The molecule has 1 unspecified atom stereocenters. The predicted molar refractivity (Wildman–Crippen MR) is 154 cm³/mol. The molecule has 0 radical (unpaired) electrons. The van der Waals surface area contributed by atoms with Crippen LogP contribution in [0.5, 0.6) is 0 Å². The molecular formula is C33H36N2O3. The van der Waals surface area contributed by atoms with Crippen LogP contribution in [0.2, 0.25) is 0 Å². The number of nitrogens with zero attached hydrogens (tertiary/aromatic N) is 1. The Morgan fingerprint density at radius 3 is 2.24 bits per heavy atom. The lowest BCUT2D eigenvalue weighted by molar-refractivity contribution is -0.132. The Balaban J connectivity index is 1.53. The van der Waals surface area contributed by atoms with E-state index in [1.54, 1.807) is 0 Å². The predicted octanol–water partition coefficient (Wildman–Crippen LogP) is 7.10. The number of carboxylic acid groups (broad SMARTS) is 1. The molecule has 5 nitrogen and oxygen atoms in total. The zero-order valence-electron chi connectivity index (χ0n) is 22.8. The number of amides is 1. The lowest BCUT2D eigenvalue weighted by atomic mass is 9.98. The van der Waals surface area contributed by atoms with Crippen LogP contribution in [0.25, 0.3) is 10.9 Å². The molecule has 1 amide bonds. The Kier molecular flexibility index (Phi) is 7.86. The Morgan fingerprint density at radius 2 is 1.58 bits per heavy atom. The number of aryl methyl sites for hydroxylation is 1. The van der Waals surface area contributed by atoms with E-state index in [0.29, 0.717) is 24.4 Å². The van der Waals surface area contributed by atoms with Crippen molar-refractivity contribution >= 4 is 22.8 Å². The van der Waals surface area contributed by atoms with Crippen molar-refractivity contribution < 1.29 is 14.7 Å². The molecule has 196 valence electrons. The normalized spacial score (nSPS) is 12.1. The van der Waals surface area contributed by atoms with Gasteiger partial charge >= 0.3 is 5.97 Å². The molecule has 0 bridgehead atoms. The van der Waals surface area contributed by atoms with Gasteiger partial charge in [0.05, 0.1) is 6.04 Å². The first-order valence-electron chi connectivity index (χ1n) is 13.0. The second-order valence-corrected chi connectivity index (χ2v) is 10.5. The molecular weight excluding hydrogens is 472 g/mol. The average Bonchev–Trinajstić information content (AvgIpc) is 3.13. The lowest BCUT2D eigenvalue weighted by Gasteiger charge is -2.16. The minimum atomic E-state index is -0.971. The number of fused-ring (bicyclic) bond motifs is 1. The van der Waals surface area contributed by atoms with Crippen LogP contribution < -0.4 is 5.32 Å². The molecule has 3 aromatic carbocycles. The van der Waals surface area contributed by atoms with Crippen LogP contribution in [-0.2, 0) is 17.8 Å². The highest BCUT2D eigenvalue weighted by Gasteiger charge is 2.17. The summed E-state index contributed by atoms with van der Waals surface area (Å²) in [6.07, 6.45) is 0.326. The second-order valence-electron chi connectivity index (χ2n) is 10.5. The van der Waals surface area contributed by atoms with Gasteiger partial charge in [-0.2, -0.15) is 0 Å². The molecule has 0 spiro atoms. The maximum absolute atomic E-state index is 13.2. The van der Waals surface area contributed by atoms with Gasteiger partial charge in [0, 0.05) is 40.7 Å². The topological polar surface area (TPSA) is 71.3 Å². The molecule has 1 atom stereocenters. The van der Waals surface area contributed by atoms with E-state index in [0.717, 1.165) is 38.9 Å². The van der Waals surface area contributed by atoms with Crippen molar-refractivity contribution in [2.75, 3.05) is 0 Å². The molecule has 4 aromatic rings. The fourth-order valence-electron chi connectivity index (χ4n) is 4.81. The maximum atomic E-state index is 13.2. The van der Waals surface area contributed by atoms with Crippen LogP contribution >= 0.6 is 0 Å². The third-order valence-corrected chi connectivity index (χ3v) is 7.41. The largest absolute Gasteiger partial charge is 0.478 e. The van der Waals surface area contributed by atoms with Gasteiger partial charge in [0.2, 0.25) is 0 Å². The first-order valence-corrected chi connectivity index (χ1v) is 13.0. The van der Waals surface area contributed by atoms with Crippen LogP contribution in [0.15, 0.2) is 78.9 Å². The van der Waals surface area contributed by atoms with Gasteiger partial charge < -0.3 is 15.0 Å². The number of nitrogens with one attached hydrogen (secondary N) is 1. The van der Waals surface area contributed by atoms with Crippen molar-refractivity contribution in [2.45, 2.75) is 59.5 Å². The van der Waals surface area contributed by atoms with Gasteiger partial charge in [-0.3, -0.25) is 4.79 Å². The van der Waals surface area contributed by atoms with Crippen molar-refractivity contribution in [3.63, 3.8) is 0 Å². The number of hydrogen-bond acceptors (Lipinski definition) is 2. The smallest absolute Gasteiger partial charge is 0.331 e. The summed E-state index contributed by atoms with van der Waals surface area (Å²) >= 11 is 0. The van der Waals surface area contributed by atoms with Gasteiger partial charge in [0.25, 0.3) is 5.91 Å². The van der Waals surface area contributed by atoms with E-state index in [-0.39, 0.29) is 17.5 Å². The average molecular weight is 509 g/mol. The highest BCUT2D eigenvalue weighted by molar-refractivity contribution is 5.99. The first-order chi connectivity index (χ1) is 18.0. The summed E-state index contributed by atoms with van der Waals surface area (Å²) in [6, 6.07) is 22.2. The van der Waals surface area contributed by atoms with Gasteiger partial charge in [-0.15, -0.1) is 0 Å². The van der Waals surface area contributed by atoms with Crippen molar-refractivity contribution in [3.8, 4) is 0 Å². The van der Waals surface area contributed by atoms with Gasteiger partial charge in [-0.1, -0.05) is 69.0 Å². The number of hydrogen-bond donors (Lipinski definition) is 2. The number of aromatic nitrogens is 1. The van der Waals surface area contributed by atoms with E-state index >= 15 is 0 Å². The summed E-state index contributed by atoms with van der Waals surface area (Å²) in [4.78, 5) is 24.2. The molecule has 5 heteroatoms. The molecule has 0 saturated heterocycles. The highest BCUT2D eigenvalue weighted by Crippen LogP contribution is 2.28. The highest BCUT2D eigenvalue weighted by atomic mass is 16.4.